The van der Waals surface area contributed by atoms with Crippen molar-refractivity contribution >= 4 is 23.2 Å². The quantitative estimate of drug-likeness (QED) is 0.874. The highest BCUT2D eigenvalue weighted by atomic mass is 35.5. The molecular weight excluding hydrogens is 245 g/mol. The third kappa shape index (κ3) is 3.63. The normalized spacial score (nSPS) is 14.8. The smallest absolute Gasteiger partial charge is 0.0595 e. The van der Waals surface area contributed by atoms with Crippen LogP contribution in [0.25, 0.3) is 0 Å². The molecule has 4 heteroatoms. The van der Waals surface area contributed by atoms with Crippen molar-refractivity contribution in [1.29, 1.82) is 0 Å². The van der Waals surface area contributed by atoms with Crippen molar-refractivity contribution in [1.82, 2.24) is 5.32 Å². The molecule has 2 nitrogen and oxygen atoms in total. The summed E-state index contributed by atoms with van der Waals surface area (Å²) in [6.45, 7) is 2.04. The van der Waals surface area contributed by atoms with Crippen molar-refractivity contribution in [2.75, 3.05) is 14.2 Å². The minimum atomic E-state index is 0.201. The van der Waals surface area contributed by atoms with Gasteiger partial charge in [0.05, 0.1) is 16.1 Å². The molecule has 1 aromatic rings. The molecular formula is C12H17Cl2NO. The zero-order chi connectivity index (χ0) is 12.1. The summed E-state index contributed by atoms with van der Waals surface area (Å²) in [7, 11) is 3.64. The van der Waals surface area contributed by atoms with Crippen LogP contribution < -0.4 is 5.32 Å². The number of benzene rings is 1. The van der Waals surface area contributed by atoms with Gasteiger partial charge in [0.2, 0.25) is 0 Å². The maximum absolute atomic E-state index is 5.99. The topological polar surface area (TPSA) is 21.3 Å². The third-order valence-corrected chi connectivity index (χ3v) is 3.40. The molecule has 0 fully saturated rings. The lowest BCUT2D eigenvalue weighted by Gasteiger charge is -2.20. The maximum Gasteiger partial charge on any atom is 0.0595 e. The van der Waals surface area contributed by atoms with Gasteiger partial charge in [0.25, 0.3) is 0 Å². The first-order chi connectivity index (χ1) is 7.58. The summed E-state index contributed by atoms with van der Waals surface area (Å²) in [5, 5.41) is 4.42. The van der Waals surface area contributed by atoms with Gasteiger partial charge in [0.1, 0.15) is 0 Å². The van der Waals surface area contributed by atoms with Crippen molar-refractivity contribution in [2.45, 2.75) is 25.5 Å². The van der Waals surface area contributed by atoms with Crippen molar-refractivity contribution in [3.8, 4) is 0 Å². The van der Waals surface area contributed by atoms with Crippen LogP contribution in [0.2, 0.25) is 10.0 Å². The Kier molecular flexibility index (Phi) is 5.56. The number of hydrogen-bond donors (Lipinski definition) is 1. The van der Waals surface area contributed by atoms with Gasteiger partial charge in [0, 0.05) is 13.2 Å². The van der Waals surface area contributed by atoms with Crippen LogP contribution >= 0.6 is 23.2 Å². The Morgan fingerprint density at radius 3 is 2.50 bits per heavy atom. The predicted molar refractivity (Wildman–Crippen MR) is 69.4 cm³/mol. The molecule has 0 amide bonds. The van der Waals surface area contributed by atoms with E-state index in [1.54, 1.807) is 7.11 Å². The number of ether oxygens (including phenoxy) is 1. The Morgan fingerprint density at radius 2 is 2.00 bits per heavy atom. The van der Waals surface area contributed by atoms with Gasteiger partial charge in [-0.25, -0.2) is 0 Å². The molecule has 2 unspecified atom stereocenters. The number of nitrogens with one attached hydrogen (secondary N) is 1. The number of halogens is 2. The van der Waals surface area contributed by atoms with Crippen LogP contribution in [0.3, 0.4) is 0 Å². The SMILES string of the molecule is CNC(CC(C)OC)c1ccc(Cl)c(Cl)c1. The Balaban J connectivity index is 2.82. The fourth-order valence-corrected chi connectivity index (χ4v) is 1.88. The average molecular weight is 262 g/mol. The molecule has 0 radical (unpaired) electrons. The highest BCUT2D eigenvalue weighted by molar-refractivity contribution is 6.42. The summed E-state index contributed by atoms with van der Waals surface area (Å²) in [5.74, 6) is 0. The highest BCUT2D eigenvalue weighted by Gasteiger charge is 2.14. The number of methoxy groups -OCH3 is 1. The Bertz CT molecular complexity index is 344. The van der Waals surface area contributed by atoms with Crippen LogP contribution in [0.5, 0.6) is 0 Å². The van der Waals surface area contributed by atoms with Gasteiger partial charge < -0.3 is 10.1 Å². The lowest BCUT2D eigenvalue weighted by Crippen LogP contribution is -2.21. The van der Waals surface area contributed by atoms with Crippen LogP contribution in [-0.2, 0) is 4.74 Å². The molecule has 0 aliphatic rings. The van der Waals surface area contributed by atoms with Gasteiger partial charge in [-0.15, -0.1) is 0 Å². The molecule has 1 aromatic carbocycles. The molecule has 0 saturated heterocycles. The van der Waals surface area contributed by atoms with E-state index in [1.165, 1.54) is 0 Å². The van der Waals surface area contributed by atoms with Crippen LogP contribution in [0.1, 0.15) is 24.9 Å². The molecule has 0 heterocycles. The average Bonchev–Trinajstić information content (AvgIpc) is 2.29. The molecule has 0 aromatic heterocycles. The van der Waals surface area contributed by atoms with Crippen LogP contribution in [0.15, 0.2) is 18.2 Å². The summed E-state index contributed by atoms with van der Waals surface area (Å²) >= 11 is 11.9. The molecule has 0 bridgehead atoms. The third-order valence-electron chi connectivity index (χ3n) is 2.66. The number of rotatable bonds is 5. The van der Waals surface area contributed by atoms with E-state index in [4.69, 9.17) is 27.9 Å². The predicted octanol–water partition coefficient (Wildman–Crippen LogP) is 3.68. The van der Waals surface area contributed by atoms with E-state index >= 15 is 0 Å². The van der Waals surface area contributed by atoms with Gasteiger partial charge >= 0.3 is 0 Å². The standard InChI is InChI=1S/C12H17Cl2NO/c1-8(16-3)6-12(15-2)9-4-5-10(13)11(14)7-9/h4-5,7-8,12,15H,6H2,1-3H3. The van der Waals surface area contributed by atoms with Crippen molar-refractivity contribution < 1.29 is 4.74 Å². The van der Waals surface area contributed by atoms with E-state index in [2.05, 4.69) is 5.32 Å². The summed E-state index contributed by atoms with van der Waals surface area (Å²) in [4.78, 5) is 0. The van der Waals surface area contributed by atoms with Gasteiger partial charge in [0.15, 0.2) is 0 Å². The second-order valence-electron chi connectivity index (χ2n) is 3.80. The Morgan fingerprint density at radius 1 is 1.31 bits per heavy atom. The zero-order valence-electron chi connectivity index (χ0n) is 9.76. The lowest BCUT2D eigenvalue weighted by molar-refractivity contribution is 0.101. The van der Waals surface area contributed by atoms with E-state index in [0.29, 0.717) is 10.0 Å². The maximum atomic E-state index is 5.99. The first-order valence-corrected chi connectivity index (χ1v) is 5.99. The van der Waals surface area contributed by atoms with Gasteiger partial charge in [-0.2, -0.15) is 0 Å². The molecule has 1 rings (SSSR count). The van der Waals surface area contributed by atoms with Gasteiger partial charge in [-0.05, 0) is 38.1 Å². The number of hydrogen-bond acceptors (Lipinski definition) is 2. The molecule has 90 valence electrons. The minimum Gasteiger partial charge on any atom is -0.382 e. The van der Waals surface area contributed by atoms with Crippen molar-refractivity contribution in [2.24, 2.45) is 0 Å². The molecule has 2 atom stereocenters. The van der Waals surface area contributed by atoms with E-state index in [0.717, 1.165) is 12.0 Å². The summed E-state index contributed by atoms with van der Waals surface area (Å²) in [6.07, 6.45) is 1.09. The second-order valence-corrected chi connectivity index (χ2v) is 4.61. The molecule has 0 aliphatic heterocycles. The van der Waals surface area contributed by atoms with Crippen LogP contribution in [0, 0.1) is 0 Å². The van der Waals surface area contributed by atoms with E-state index in [-0.39, 0.29) is 12.1 Å². The highest BCUT2D eigenvalue weighted by Crippen LogP contribution is 2.27. The van der Waals surface area contributed by atoms with Crippen molar-refractivity contribution in [3.63, 3.8) is 0 Å². The first kappa shape index (κ1) is 13.8. The van der Waals surface area contributed by atoms with Crippen molar-refractivity contribution in [3.05, 3.63) is 33.8 Å². The largest absolute Gasteiger partial charge is 0.382 e. The van der Waals surface area contributed by atoms with Gasteiger partial charge in [-0.1, -0.05) is 29.3 Å². The fraction of sp³-hybridized carbons (Fsp3) is 0.500. The zero-order valence-corrected chi connectivity index (χ0v) is 11.3. The minimum absolute atomic E-state index is 0.201. The van der Waals surface area contributed by atoms with Crippen LogP contribution in [0.4, 0.5) is 0 Å². The van der Waals surface area contributed by atoms with Crippen LogP contribution in [-0.4, -0.2) is 20.3 Å². The first-order valence-electron chi connectivity index (χ1n) is 5.23. The summed E-state index contributed by atoms with van der Waals surface area (Å²) in [5.41, 5.74) is 1.13. The van der Waals surface area contributed by atoms with E-state index < -0.39 is 0 Å². The van der Waals surface area contributed by atoms with E-state index in [1.807, 2.05) is 32.2 Å². The monoisotopic (exact) mass is 261 g/mol. The lowest BCUT2D eigenvalue weighted by atomic mass is 10.0. The summed E-state index contributed by atoms with van der Waals surface area (Å²) in [6, 6.07) is 5.93. The summed E-state index contributed by atoms with van der Waals surface area (Å²) < 4.78 is 5.26. The molecule has 0 spiro atoms. The molecule has 1 N–H and O–H groups in total. The Labute approximate surface area is 107 Å². The van der Waals surface area contributed by atoms with Gasteiger partial charge in [-0.3, -0.25) is 0 Å². The molecule has 16 heavy (non-hydrogen) atoms. The fourth-order valence-electron chi connectivity index (χ4n) is 1.58. The van der Waals surface area contributed by atoms with E-state index in [9.17, 15) is 0 Å². The molecule has 0 aliphatic carbocycles. The second kappa shape index (κ2) is 6.45. The Hall–Kier alpha value is -0.280. The molecule has 0 saturated carbocycles.